The maximum Gasteiger partial charge on any atom is 0.411 e. The molecule has 1 N–H and O–H groups in total. The molecule has 23 heavy (non-hydrogen) atoms. The van der Waals surface area contributed by atoms with Crippen LogP contribution in [0.1, 0.15) is 6.92 Å². The molecule has 0 aliphatic carbocycles. The largest absolute Gasteiger partial charge is 0.495 e. The van der Waals surface area contributed by atoms with Gasteiger partial charge in [-0.05, 0) is 25.1 Å². The summed E-state index contributed by atoms with van der Waals surface area (Å²) in [6.45, 7) is 3.21. The molecule has 0 unspecified atom stereocenters. The van der Waals surface area contributed by atoms with Gasteiger partial charge in [0.2, 0.25) is 10.0 Å². The highest BCUT2D eigenvalue weighted by atomic mass is 32.2. The van der Waals surface area contributed by atoms with Crippen molar-refractivity contribution in [2.24, 2.45) is 0 Å². The standard InChI is InChI=1S/C14H20N2O6S/c1-3-22-14(17)15-12-10-11(4-5-13(12)20-2)23(18,19)16-6-8-21-9-7-16/h4-5,10H,3,6-9H2,1-2H3,(H,15,17). The molecular weight excluding hydrogens is 324 g/mol. The molecule has 1 aliphatic heterocycles. The van der Waals surface area contributed by atoms with Crippen LogP contribution in [0, 0.1) is 0 Å². The molecule has 0 aromatic heterocycles. The van der Waals surface area contributed by atoms with Crippen LogP contribution in [0.25, 0.3) is 0 Å². The van der Waals surface area contributed by atoms with Gasteiger partial charge in [-0.3, -0.25) is 5.32 Å². The fourth-order valence-electron chi connectivity index (χ4n) is 2.16. The molecule has 1 fully saturated rings. The van der Waals surface area contributed by atoms with E-state index in [1.165, 1.54) is 29.6 Å². The second-order valence-corrected chi connectivity index (χ2v) is 6.66. The van der Waals surface area contributed by atoms with E-state index < -0.39 is 16.1 Å². The molecule has 0 bridgehead atoms. The minimum Gasteiger partial charge on any atom is -0.495 e. The number of sulfonamides is 1. The van der Waals surface area contributed by atoms with Crippen LogP contribution < -0.4 is 10.1 Å². The number of nitrogens with zero attached hydrogens (tertiary/aromatic N) is 1. The number of amides is 1. The number of anilines is 1. The van der Waals surface area contributed by atoms with Crippen molar-refractivity contribution in [1.82, 2.24) is 4.31 Å². The van der Waals surface area contributed by atoms with E-state index in [-0.39, 0.29) is 17.2 Å². The molecule has 128 valence electrons. The summed E-state index contributed by atoms with van der Waals surface area (Å²) >= 11 is 0. The van der Waals surface area contributed by atoms with Crippen LogP contribution in [-0.2, 0) is 19.5 Å². The molecule has 1 heterocycles. The average molecular weight is 344 g/mol. The summed E-state index contributed by atoms with van der Waals surface area (Å²) in [7, 11) is -2.22. The van der Waals surface area contributed by atoms with Gasteiger partial charge in [-0.25, -0.2) is 13.2 Å². The van der Waals surface area contributed by atoms with E-state index in [4.69, 9.17) is 14.2 Å². The normalized spacial score (nSPS) is 15.9. The van der Waals surface area contributed by atoms with Gasteiger partial charge in [0.25, 0.3) is 0 Å². The summed E-state index contributed by atoms with van der Waals surface area (Å²) in [6.07, 6.45) is -0.674. The maximum absolute atomic E-state index is 12.6. The minimum atomic E-state index is -3.65. The quantitative estimate of drug-likeness (QED) is 0.865. The van der Waals surface area contributed by atoms with E-state index in [9.17, 15) is 13.2 Å². The molecule has 0 saturated carbocycles. The van der Waals surface area contributed by atoms with E-state index >= 15 is 0 Å². The monoisotopic (exact) mass is 344 g/mol. The van der Waals surface area contributed by atoms with Gasteiger partial charge in [0.05, 0.1) is 37.5 Å². The summed E-state index contributed by atoms with van der Waals surface area (Å²) in [5, 5.41) is 2.48. The number of ether oxygens (including phenoxy) is 3. The van der Waals surface area contributed by atoms with Gasteiger partial charge in [-0.1, -0.05) is 0 Å². The van der Waals surface area contributed by atoms with Gasteiger partial charge in [-0.15, -0.1) is 0 Å². The van der Waals surface area contributed by atoms with Crippen LogP contribution >= 0.6 is 0 Å². The highest BCUT2D eigenvalue weighted by Crippen LogP contribution is 2.29. The lowest BCUT2D eigenvalue weighted by molar-refractivity contribution is 0.0730. The molecule has 8 nitrogen and oxygen atoms in total. The van der Waals surface area contributed by atoms with E-state index in [2.05, 4.69) is 5.32 Å². The number of hydrogen-bond acceptors (Lipinski definition) is 6. The Morgan fingerprint density at radius 1 is 1.35 bits per heavy atom. The topological polar surface area (TPSA) is 94.2 Å². The molecule has 9 heteroatoms. The Morgan fingerprint density at radius 3 is 2.65 bits per heavy atom. The molecule has 1 aromatic rings. The Hall–Kier alpha value is -1.84. The minimum absolute atomic E-state index is 0.0759. The third kappa shape index (κ3) is 4.12. The Balaban J connectivity index is 2.30. The highest BCUT2D eigenvalue weighted by molar-refractivity contribution is 7.89. The first-order chi connectivity index (χ1) is 11.0. The number of nitrogens with one attached hydrogen (secondary N) is 1. The van der Waals surface area contributed by atoms with E-state index in [1.54, 1.807) is 6.92 Å². The summed E-state index contributed by atoms with van der Waals surface area (Å²) in [5.41, 5.74) is 0.236. The molecule has 1 aliphatic rings. The number of morpholine rings is 1. The van der Waals surface area contributed by atoms with E-state index in [0.29, 0.717) is 32.1 Å². The van der Waals surface area contributed by atoms with Crippen molar-refractivity contribution in [2.75, 3.05) is 45.3 Å². The molecule has 0 spiro atoms. The zero-order valence-electron chi connectivity index (χ0n) is 13.1. The zero-order valence-corrected chi connectivity index (χ0v) is 13.9. The van der Waals surface area contributed by atoms with Crippen molar-refractivity contribution in [1.29, 1.82) is 0 Å². The Labute approximate surface area is 135 Å². The van der Waals surface area contributed by atoms with Crippen LogP contribution in [0.3, 0.4) is 0 Å². The van der Waals surface area contributed by atoms with Crippen molar-refractivity contribution < 1.29 is 27.4 Å². The molecule has 1 saturated heterocycles. The highest BCUT2D eigenvalue weighted by Gasteiger charge is 2.27. The van der Waals surface area contributed by atoms with Crippen molar-refractivity contribution in [3.8, 4) is 5.75 Å². The third-order valence-electron chi connectivity index (χ3n) is 3.29. The Morgan fingerprint density at radius 2 is 2.04 bits per heavy atom. The SMILES string of the molecule is CCOC(=O)Nc1cc(S(=O)(=O)N2CCOCC2)ccc1OC. The lowest BCUT2D eigenvalue weighted by Crippen LogP contribution is -2.40. The van der Waals surface area contributed by atoms with Gasteiger partial charge in [0, 0.05) is 13.1 Å². The lowest BCUT2D eigenvalue weighted by Gasteiger charge is -2.26. The van der Waals surface area contributed by atoms with Gasteiger partial charge in [0.1, 0.15) is 5.75 Å². The van der Waals surface area contributed by atoms with Crippen LogP contribution in [-0.4, -0.2) is 58.8 Å². The van der Waals surface area contributed by atoms with Crippen molar-refractivity contribution >= 4 is 21.8 Å². The van der Waals surface area contributed by atoms with Crippen LogP contribution in [0.15, 0.2) is 23.1 Å². The number of rotatable bonds is 5. The predicted octanol–water partition coefficient (Wildman–Crippen LogP) is 1.28. The number of methoxy groups -OCH3 is 1. The van der Waals surface area contributed by atoms with Crippen molar-refractivity contribution in [3.05, 3.63) is 18.2 Å². The van der Waals surface area contributed by atoms with Crippen molar-refractivity contribution in [2.45, 2.75) is 11.8 Å². The summed E-state index contributed by atoms with van der Waals surface area (Å²) in [6, 6.07) is 4.30. The third-order valence-corrected chi connectivity index (χ3v) is 5.19. The van der Waals surface area contributed by atoms with Gasteiger partial charge in [0.15, 0.2) is 0 Å². The van der Waals surface area contributed by atoms with Gasteiger partial charge >= 0.3 is 6.09 Å². The smallest absolute Gasteiger partial charge is 0.411 e. The number of benzene rings is 1. The van der Waals surface area contributed by atoms with Gasteiger partial charge in [-0.2, -0.15) is 4.31 Å². The molecule has 0 atom stereocenters. The number of carbonyl (C=O) groups excluding carboxylic acids is 1. The van der Waals surface area contributed by atoms with E-state index in [1.807, 2.05) is 0 Å². The van der Waals surface area contributed by atoms with Gasteiger partial charge < -0.3 is 14.2 Å². The molecule has 1 amide bonds. The van der Waals surface area contributed by atoms with Crippen LogP contribution in [0.2, 0.25) is 0 Å². The Bertz CT molecular complexity index is 655. The van der Waals surface area contributed by atoms with Crippen molar-refractivity contribution in [3.63, 3.8) is 0 Å². The summed E-state index contributed by atoms with van der Waals surface area (Å²) in [4.78, 5) is 11.7. The lowest BCUT2D eigenvalue weighted by atomic mass is 10.3. The second kappa shape index (κ2) is 7.62. The first-order valence-corrected chi connectivity index (χ1v) is 8.62. The number of hydrogen-bond donors (Lipinski definition) is 1. The summed E-state index contributed by atoms with van der Waals surface area (Å²) in [5.74, 6) is 0.346. The predicted molar refractivity (Wildman–Crippen MR) is 83.2 cm³/mol. The fraction of sp³-hybridized carbons (Fsp3) is 0.500. The van der Waals surface area contributed by atoms with E-state index in [0.717, 1.165) is 0 Å². The molecule has 2 rings (SSSR count). The molecule has 0 radical (unpaired) electrons. The summed E-state index contributed by atoms with van der Waals surface area (Å²) < 4.78 is 41.7. The average Bonchev–Trinajstić information content (AvgIpc) is 2.55. The second-order valence-electron chi connectivity index (χ2n) is 4.72. The molecule has 1 aromatic carbocycles. The fourth-order valence-corrected chi connectivity index (χ4v) is 3.59. The maximum atomic E-state index is 12.6. The Kier molecular flexibility index (Phi) is 5.80. The number of carbonyl (C=O) groups is 1. The zero-order chi connectivity index (χ0) is 16.9. The molecular formula is C14H20N2O6S. The first-order valence-electron chi connectivity index (χ1n) is 7.18. The van der Waals surface area contributed by atoms with Crippen LogP contribution in [0.5, 0.6) is 5.75 Å². The van der Waals surface area contributed by atoms with Crippen LogP contribution in [0.4, 0.5) is 10.5 Å². The first kappa shape index (κ1) is 17.5.